The van der Waals surface area contributed by atoms with Gasteiger partial charge in [-0.15, -0.1) is 0 Å². The molecule has 10 heteroatoms. The van der Waals surface area contributed by atoms with Crippen molar-refractivity contribution in [3.8, 4) is 0 Å². The minimum absolute atomic E-state index is 0.00965. The molecule has 3 rings (SSSR count). The second-order valence-electron chi connectivity index (χ2n) is 6.58. The zero-order valence-corrected chi connectivity index (χ0v) is 17.0. The van der Waals surface area contributed by atoms with Gasteiger partial charge in [0.05, 0.1) is 17.9 Å². The third-order valence-corrected chi connectivity index (χ3v) is 5.79. The molecule has 0 saturated heterocycles. The fourth-order valence-corrected chi connectivity index (χ4v) is 4.06. The van der Waals surface area contributed by atoms with Crippen LogP contribution in [0.5, 0.6) is 0 Å². The Kier molecular flexibility index (Phi) is 6.46. The van der Waals surface area contributed by atoms with Crippen LogP contribution in [0.25, 0.3) is 0 Å². The predicted molar refractivity (Wildman–Crippen MR) is 107 cm³/mol. The summed E-state index contributed by atoms with van der Waals surface area (Å²) in [6.07, 6.45) is -0.127. The first-order valence-electron chi connectivity index (χ1n) is 9.07. The highest BCUT2D eigenvalue weighted by Gasteiger charge is 2.30. The molecule has 0 radical (unpaired) electrons. The summed E-state index contributed by atoms with van der Waals surface area (Å²) >= 11 is 0. The SMILES string of the molecule is CN(Cc1ccccc1F)C(=O)COC(=O)CCN=C1NS(=O)(=O)c2ccccc21. The summed E-state index contributed by atoms with van der Waals surface area (Å²) in [4.78, 5) is 29.5. The van der Waals surface area contributed by atoms with Gasteiger partial charge in [-0.2, -0.15) is 0 Å². The summed E-state index contributed by atoms with van der Waals surface area (Å²) in [6.45, 7) is -0.434. The number of likely N-dealkylation sites (N-methyl/N-ethyl adjacent to an activating group) is 1. The molecule has 0 saturated carbocycles. The van der Waals surface area contributed by atoms with E-state index in [-0.39, 0.29) is 30.2 Å². The lowest BCUT2D eigenvalue weighted by molar-refractivity contribution is -0.151. The summed E-state index contributed by atoms with van der Waals surface area (Å²) in [5.41, 5.74) is 0.797. The molecule has 1 amide bonds. The van der Waals surface area contributed by atoms with E-state index < -0.39 is 34.3 Å². The average Bonchev–Trinajstić information content (AvgIpc) is 2.98. The highest BCUT2D eigenvalue weighted by atomic mass is 32.2. The molecular weight excluding hydrogens is 413 g/mol. The molecule has 0 unspecified atom stereocenters. The van der Waals surface area contributed by atoms with Gasteiger partial charge in [-0.3, -0.25) is 19.3 Å². The summed E-state index contributed by atoms with van der Waals surface area (Å²) in [6, 6.07) is 12.5. The van der Waals surface area contributed by atoms with Gasteiger partial charge in [0, 0.05) is 24.7 Å². The van der Waals surface area contributed by atoms with Gasteiger partial charge in [-0.1, -0.05) is 30.3 Å². The number of carbonyl (C=O) groups is 2. The molecule has 0 aromatic heterocycles. The van der Waals surface area contributed by atoms with Gasteiger partial charge in [-0.05, 0) is 18.2 Å². The van der Waals surface area contributed by atoms with Crippen molar-refractivity contribution in [2.24, 2.45) is 4.99 Å². The first-order valence-corrected chi connectivity index (χ1v) is 10.6. The minimum Gasteiger partial charge on any atom is -0.456 e. The van der Waals surface area contributed by atoms with Crippen LogP contribution in [0.3, 0.4) is 0 Å². The molecule has 2 aromatic carbocycles. The number of amidine groups is 1. The summed E-state index contributed by atoms with van der Waals surface area (Å²) in [7, 11) is -2.15. The molecule has 1 heterocycles. The predicted octanol–water partition coefficient (Wildman–Crippen LogP) is 1.46. The van der Waals surface area contributed by atoms with Crippen LogP contribution in [0, 0.1) is 5.82 Å². The maximum atomic E-state index is 13.7. The number of hydrogen-bond acceptors (Lipinski definition) is 6. The fourth-order valence-electron chi connectivity index (χ4n) is 2.81. The Morgan fingerprint density at radius 1 is 1.13 bits per heavy atom. The third-order valence-electron chi connectivity index (χ3n) is 4.40. The standard InChI is InChI=1S/C20H20FN3O5S/c1-24(12-14-6-2-4-8-16(14)21)18(25)13-29-19(26)10-11-22-20-15-7-3-5-9-17(15)30(27,28)23-20/h2-9H,10-13H2,1H3,(H,22,23). The van der Waals surface area contributed by atoms with E-state index in [9.17, 15) is 22.4 Å². The number of esters is 1. The van der Waals surface area contributed by atoms with Gasteiger partial charge < -0.3 is 9.64 Å². The van der Waals surface area contributed by atoms with Crippen LogP contribution in [0.1, 0.15) is 17.5 Å². The highest BCUT2D eigenvalue weighted by molar-refractivity contribution is 7.90. The Balaban J connectivity index is 1.47. The van der Waals surface area contributed by atoms with Gasteiger partial charge in [0.25, 0.3) is 15.9 Å². The first-order chi connectivity index (χ1) is 14.3. The number of ether oxygens (including phenoxy) is 1. The van der Waals surface area contributed by atoms with Crippen LogP contribution in [0.15, 0.2) is 58.4 Å². The zero-order valence-electron chi connectivity index (χ0n) is 16.2. The second kappa shape index (κ2) is 9.04. The van der Waals surface area contributed by atoms with Crippen molar-refractivity contribution in [2.75, 3.05) is 20.2 Å². The van der Waals surface area contributed by atoms with Crippen LogP contribution in [-0.2, 0) is 30.9 Å². The van der Waals surface area contributed by atoms with E-state index in [1.54, 1.807) is 36.4 Å². The van der Waals surface area contributed by atoms with Crippen molar-refractivity contribution in [3.63, 3.8) is 0 Å². The number of halogens is 1. The minimum atomic E-state index is -3.64. The molecule has 0 spiro atoms. The van der Waals surface area contributed by atoms with Crippen molar-refractivity contribution < 1.29 is 27.1 Å². The molecule has 2 aromatic rings. The van der Waals surface area contributed by atoms with Crippen molar-refractivity contribution >= 4 is 27.7 Å². The number of nitrogens with one attached hydrogen (secondary N) is 1. The summed E-state index contributed by atoms with van der Waals surface area (Å²) in [5, 5.41) is 0. The Bertz CT molecular complexity index is 1100. The lowest BCUT2D eigenvalue weighted by atomic mass is 10.2. The number of sulfonamides is 1. The number of rotatable bonds is 7. The molecule has 158 valence electrons. The van der Waals surface area contributed by atoms with E-state index in [0.29, 0.717) is 11.1 Å². The van der Waals surface area contributed by atoms with E-state index in [1.807, 2.05) is 0 Å². The second-order valence-corrected chi connectivity index (χ2v) is 8.23. The molecule has 0 fully saturated rings. The van der Waals surface area contributed by atoms with E-state index in [0.717, 1.165) is 0 Å². The van der Waals surface area contributed by atoms with Crippen molar-refractivity contribution in [1.29, 1.82) is 0 Å². The number of fused-ring (bicyclic) bond motifs is 1. The molecule has 8 nitrogen and oxygen atoms in total. The van der Waals surface area contributed by atoms with E-state index in [2.05, 4.69) is 9.71 Å². The molecular formula is C20H20FN3O5S. The normalized spacial score (nSPS) is 15.3. The van der Waals surface area contributed by atoms with Crippen molar-refractivity contribution in [2.45, 2.75) is 17.9 Å². The number of amides is 1. The lowest BCUT2D eigenvalue weighted by Crippen LogP contribution is -2.31. The van der Waals surface area contributed by atoms with Crippen molar-refractivity contribution in [3.05, 3.63) is 65.5 Å². The van der Waals surface area contributed by atoms with Crippen molar-refractivity contribution in [1.82, 2.24) is 9.62 Å². The zero-order chi connectivity index (χ0) is 21.7. The largest absolute Gasteiger partial charge is 0.456 e. The molecule has 0 bridgehead atoms. The molecule has 1 aliphatic heterocycles. The Hall–Kier alpha value is -3.27. The number of benzene rings is 2. The lowest BCUT2D eigenvalue weighted by Gasteiger charge is -2.17. The smallest absolute Gasteiger partial charge is 0.308 e. The molecule has 0 aliphatic carbocycles. The van der Waals surface area contributed by atoms with Gasteiger partial charge in [-0.25, -0.2) is 12.8 Å². The van der Waals surface area contributed by atoms with Gasteiger partial charge in [0.1, 0.15) is 11.7 Å². The first kappa shape index (κ1) is 21.4. The number of nitrogens with zero attached hydrogens (tertiary/aromatic N) is 2. The van der Waals surface area contributed by atoms with Crippen LogP contribution in [0.2, 0.25) is 0 Å². The van der Waals surface area contributed by atoms with Crippen LogP contribution in [0.4, 0.5) is 4.39 Å². The average molecular weight is 433 g/mol. The number of hydrogen-bond donors (Lipinski definition) is 1. The topological polar surface area (TPSA) is 105 Å². The van der Waals surface area contributed by atoms with Crippen LogP contribution in [-0.4, -0.2) is 51.2 Å². The quantitative estimate of drug-likeness (QED) is 0.666. The highest BCUT2D eigenvalue weighted by Crippen LogP contribution is 2.22. The summed E-state index contributed by atoms with van der Waals surface area (Å²) in [5.74, 6) is -1.38. The van der Waals surface area contributed by atoms with Crippen LogP contribution < -0.4 is 4.72 Å². The maximum absolute atomic E-state index is 13.7. The Labute approximate surface area is 173 Å². The molecule has 1 aliphatic rings. The van der Waals surface area contributed by atoms with Crippen LogP contribution >= 0.6 is 0 Å². The molecule has 30 heavy (non-hydrogen) atoms. The third kappa shape index (κ3) is 5.01. The summed E-state index contributed by atoms with van der Waals surface area (Å²) < 4.78 is 44.9. The van der Waals surface area contributed by atoms with Gasteiger partial charge in [0.2, 0.25) is 0 Å². The van der Waals surface area contributed by atoms with Gasteiger partial charge in [0.15, 0.2) is 6.61 Å². The van der Waals surface area contributed by atoms with E-state index >= 15 is 0 Å². The fraction of sp³-hybridized carbons (Fsp3) is 0.250. The van der Waals surface area contributed by atoms with E-state index in [1.165, 1.54) is 24.1 Å². The number of aliphatic imine (C=N–C) groups is 1. The molecule has 1 N–H and O–H groups in total. The molecule has 0 atom stereocenters. The van der Waals surface area contributed by atoms with E-state index in [4.69, 9.17) is 4.74 Å². The Morgan fingerprint density at radius 2 is 1.83 bits per heavy atom. The maximum Gasteiger partial charge on any atom is 0.308 e. The number of carbonyl (C=O) groups excluding carboxylic acids is 2. The monoisotopic (exact) mass is 433 g/mol. The van der Waals surface area contributed by atoms with Gasteiger partial charge >= 0.3 is 5.97 Å². The Morgan fingerprint density at radius 3 is 2.60 bits per heavy atom.